The van der Waals surface area contributed by atoms with Gasteiger partial charge in [0.25, 0.3) is 0 Å². The van der Waals surface area contributed by atoms with Crippen molar-refractivity contribution in [2.75, 3.05) is 12.3 Å². The Morgan fingerprint density at radius 1 is 1.40 bits per heavy atom. The molecule has 0 aliphatic heterocycles. The summed E-state index contributed by atoms with van der Waals surface area (Å²) in [6.07, 6.45) is 4.92. The summed E-state index contributed by atoms with van der Waals surface area (Å²) in [4.78, 5) is 8.85. The van der Waals surface area contributed by atoms with Crippen LogP contribution >= 0.6 is 0 Å². The Hall–Kier alpha value is -1.58. The van der Waals surface area contributed by atoms with Crippen LogP contribution in [0.25, 0.3) is 0 Å². The lowest BCUT2D eigenvalue weighted by Crippen LogP contribution is -2.00. The molecule has 0 unspecified atom stereocenters. The summed E-state index contributed by atoms with van der Waals surface area (Å²) in [6.45, 7) is 11.1. The first-order valence-corrected chi connectivity index (χ1v) is 7.35. The van der Waals surface area contributed by atoms with Crippen LogP contribution in [-0.2, 0) is 11.3 Å². The van der Waals surface area contributed by atoms with Crippen molar-refractivity contribution in [2.45, 2.75) is 53.9 Å². The molecular weight excluding hydrogens is 250 g/mol. The molecule has 0 spiro atoms. The summed E-state index contributed by atoms with van der Waals surface area (Å²) in [5.74, 6) is 1.31. The van der Waals surface area contributed by atoms with Crippen LogP contribution in [0.1, 0.15) is 53.0 Å². The van der Waals surface area contributed by atoms with Crippen LogP contribution in [0.3, 0.4) is 0 Å². The van der Waals surface area contributed by atoms with E-state index in [1.54, 1.807) is 6.20 Å². The first kappa shape index (κ1) is 18.4. The van der Waals surface area contributed by atoms with E-state index in [-0.39, 0.29) is 0 Å². The Kier molecular flexibility index (Phi) is 10.4. The largest absolute Gasteiger partial charge is 0.396 e. The van der Waals surface area contributed by atoms with E-state index < -0.39 is 0 Å². The topological polar surface area (TPSA) is 60.5 Å². The molecule has 1 heterocycles. The first-order chi connectivity index (χ1) is 9.51. The summed E-state index contributed by atoms with van der Waals surface area (Å²) in [5.41, 5.74) is 7.90. The fourth-order valence-corrected chi connectivity index (χ4v) is 1.65. The van der Waals surface area contributed by atoms with E-state index in [9.17, 15) is 0 Å². The lowest BCUT2D eigenvalue weighted by Gasteiger charge is -2.05. The zero-order chi connectivity index (χ0) is 15.4. The van der Waals surface area contributed by atoms with Gasteiger partial charge in [-0.15, -0.1) is 0 Å². The van der Waals surface area contributed by atoms with Crippen molar-refractivity contribution in [3.05, 3.63) is 23.9 Å². The highest BCUT2D eigenvalue weighted by Crippen LogP contribution is 2.12. The number of hydrogen-bond acceptors (Lipinski definition) is 4. The van der Waals surface area contributed by atoms with E-state index in [1.165, 1.54) is 0 Å². The predicted octanol–water partition coefficient (Wildman–Crippen LogP) is 4.06. The summed E-state index contributed by atoms with van der Waals surface area (Å²) in [7, 11) is 0. The van der Waals surface area contributed by atoms with Gasteiger partial charge in [0.15, 0.2) is 0 Å². The quantitative estimate of drug-likeness (QED) is 0.631. The number of hydrogen-bond donors (Lipinski definition) is 1. The minimum absolute atomic E-state index is 0.640. The van der Waals surface area contributed by atoms with Crippen LogP contribution in [-0.4, -0.2) is 17.3 Å². The average molecular weight is 279 g/mol. The van der Waals surface area contributed by atoms with Gasteiger partial charge in [0, 0.05) is 6.20 Å². The Labute approximate surface area is 123 Å². The molecule has 0 amide bonds. The molecule has 1 aromatic heterocycles. The van der Waals surface area contributed by atoms with Crippen molar-refractivity contribution in [2.24, 2.45) is 11.1 Å². The van der Waals surface area contributed by atoms with E-state index in [0.717, 1.165) is 30.5 Å². The van der Waals surface area contributed by atoms with Crippen molar-refractivity contribution < 1.29 is 4.84 Å². The number of nitrogens with zero attached hydrogens (tertiary/aromatic N) is 2. The fraction of sp³-hybridized carbons (Fsp3) is 0.625. The van der Waals surface area contributed by atoms with Gasteiger partial charge in [-0.05, 0) is 44.2 Å². The van der Waals surface area contributed by atoms with E-state index >= 15 is 0 Å². The van der Waals surface area contributed by atoms with E-state index in [1.807, 2.05) is 26.0 Å². The van der Waals surface area contributed by atoms with Crippen LogP contribution in [0.4, 0.5) is 5.82 Å². The Morgan fingerprint density at radius 2 is 2.10 bits per heavy atom. The van der Waals surface area contributed by atoms with Gasteiger partial charge >= 0.3 is 0 Å². The maximum absolute atomic E-state index is 5.66. The second-order valence-electron chi connectivity index (χ2n) is 5.14. The highest BCUT2D eigenvalue weighted by atomic mass is 16.6. The van der Waals surface area contributed by atoms with Gasteiger partial charge in [0.05, 0.1) is 5.71 Å². The Bertz CT molecular complexity index is 389. The van der Waals surface area contributed by atoms with Crippen molar-refractivity contribution in [1.29, 1.82) is 0 Å². The molecule has 20 heavy (non-hydrogen) atoms. The fourth-order valence-electron chi connectivity index (χ4n) is 1.65. The molecule has 4 nitrogen and oxygen atoms in total. The number of aromatic nitrogens is 1. The molecule has 2 N–H and O–H groups in total. The SMILES string of the molecule is CC(C)Cc1cccnc1N.CCC/C(C)=N/OCC. The van der Waals surface area contributed by atoms with Crippen molar-refractivity contribution in [1.82, 2.24) is 4.98 Å². The zero-order valence-electron chi connectivity index (χ0n) is 13.5. The molecule has 0 radical (unpaired) electrons. The standard InChI is InChI=1S/C9H14N2.C7H15NO/c1-7(2)6-8-4-3-5-11-9(8)10;1-4-6-7(3)8-9-5-2/h3-5,7H,6H2,1-2H3,(H2,10,11);4-6H2,1-3H3/b;8-7+. The molecule has 0 fully saturated rings. The number of anilines is 1. The van der Waals surface area contributed by atoms with Crippen LogP contribution in [0, 0.1) is 5.92 Å². The van der Waals surface area contributed by atoms with Crippen LogP contribution in [0.2, 0.25) is 0 Å². The van der Waals surface area contributed by atoms with Crippen molar-refractivity contribution in [3.63, 3.8) is 0 Å². The number of nitrogen functional groups attached to an aromatic ring is 1. The molecule has 0 saturated heterocycles. The minimum atomic E-state index is 0.640. The zero-order valence-corrected chi connectivity index (χ0v) is 13.5. The van der Waals surface area contributed by atoms with E-state index in [0.29, 0.717) is 18.3 Å². The molecule has 1 aromatic rings. The second kappa shape index (κ2) is 11.3. The molecule has 114 valence electrons. The highest BCUT2D eigenvalue weighted by molar-refractivity contribution is 5.81. The number of pyridine rings is 1. The summed E-state index contributed by atoms with van der Waals surface area (Å²) < 4.78 is 0. The highest BCUT2D eigenvalue weighted by Gasteiger charge is 2.00. The average Bonchev–Trinajstić information content (AvgIpc) is 2.40. The van der Waals surface area contributed by atoms with Gasteiger partial charge in [-0.2, -0.15) is 0 Å². The summed E-state index contributed by atoms with van der Waals surface area (Å²) in [5, 5.41) is 3.85. The Balaban J connectivity index is 0.000000370. The molecule has 1 rings (SSSR count). The molecular formula is C16H29N3O. The maximum atomic E-state index is 5.66. The number of rotatable bonds is 6. The van der Waals surface area contributed by atoms with Crippen LogP contribution < -0.4 is 5.73 Å². The van der Waals surface area contributed by atoms with Crippen molar-refractivity contribution in [3.8, 4) is 0 Å². The number of nitrogens with two attached hydrogens (primary N) is 1. The van der Waals surface area contributed by atoms with Gasteiger partial charge in [-0.3, -0.25) is 0 Å². The van der Waals surface area contributed by atoms with E-state index in [4.69, 9.17) is 10.6 Å². The maximum Gasteiger partial charge on any atom is 0.126 e. The van der Waals surface area contributed by atoms with Crippen LogP contribution in [0.15, 0.2) is 23.5 Å². The summed E-state index contributed by atoms with van der Waals surface area (Å²) >= 11 is 0. The third kappa shape index (κ3) is 9.36. The van der Waals surface area contributed by atoms with Gasteiger partial charge in [-0.25, -0.2) is 4.98 Å². The second-order valence-corrected chi connectivity index (χ2v) is 5.14. The minimum Gasteiger partial charge on any atom is -0.396 e. The van der Waals surface area contributed by atoms with Gasteiger partial charge < -0.3 is 10.6 Å². The van der Waals surface area contributed by atoms with Gasteiger partial charge in [0.2, 0.25) is 0 Å². The number of oxime groups is 1. The summed E-state index contributed by atoms with van der Waals surface area (Å²) in [6, 6.07) is 3.95. The molecule has 0 aliphatic carbocycles. The van der Waals surface area contributed by atoms with E-state index in [2.05, 4.69) is 30.9 Å². The van der Waals surface area contributed by atoms with Crippen molar-refractivity contribution >= 4 is 11.5 Å². The van der Waals surface area contributed by atoms with Gasteiger partial charge in [0.1, 0.15) is 12.4 Å². The predicted molar refractivity (Wildman–Crippen MR) is 86.8 cm³/mol. The lowest BCUT2D eigenvalue weighted by molar-refractivity contribution is 0.158. The molecule has 0 aromatic carbocycles. The molecule has 0 aliphatic rings. The van der Waals surface area contributed by atoms with Crippen LogP contribution in [0.5, 0.6) is 0 Å². The van der Waals surface area contributed by atoms with Gasteiger partial charge in [-0.1, -0.05) is 38.4 Å². The monoisotopic (exact) mass is 279 g/mol. The third-order valence-electron chi connectivity index (χ3n) is 2.52. The molecule has 0 atom stereocenters. The smallest absolute Gasteiger partial charge is 0.126 e. The molecule has 0 saturated carbocycles. The lowest BCUT2D eigenvalue weighted by atomic mass is 10.0. The third-order valence-corrected chi connectivity index (χ3v) is 2.52. The molecule has 4 heteroatoms. The Morgan fingerprint density at radius 3 is 2.60 bits per heavy atom. The normalized spacial score (nSPS) is 11.0. The molecule has 0 bridgehead atoms. The first-order valence-electron chi connectivity index (χ1n) is 7.35.